The second-order valence-corrected chi connectivity index (χ2v) is 11.4. The summed E-state index contributed by atoms with van der Waals surface area (Å²) in [6.45, 7) is 2.13. The third-order valence-corrected chi connectivity index (χ3v) is 8.27. The van der Waals surface area contributed by atoms with Crippen LogP contribution in [0.4, 0.5) is 0 Å². The van der Waals surface area contributed by atoms with Gasteiger partial charge in [0.1, 0.15) is 18.5 Å². The molecule has 0 aromatic heterocycles. The van der Waals surface area contributed by atoms with Crippen molar-refractivity contribution in [1.82, 2.24) is 10.2 Å². The summed E-state index contributed by atoms with van der Waals surface area (Å²) in [7, 11) is 1.46. The van der Waals surface area contributed by atoms with E-state index in [-0.39, 0.29) is 37.9 Å². The Morgan fingerprint density at radius 3 is 2.52 bits per heavy atom. The van der Waals surface area contributed by atoms with Crippen LogP contribution < -0.4 is 14.8 Å². The van der Waals surface area contributed by atoms with Gasteiger partial charge < -0.3 is 29.9 Å². The largest absolute Gasteiger partial charge is 0.493 e. The van der Waals surface area contributed by atoms with Crippen molar-refractivity contribution >= 4 is 40.7 Å². The topological polar surface area (TPSA) is 125 Å². The normalized spacial score (nSPS) is 20.6. The summed E-state index contributed by atoms with van der Waals surface area (Å²) < 4.78 is 12.3. The summed E-state index contributed by atoms with van der Waals surface area (Å²) in [6.07, 6.45) is 2.82. The number of halogens is 1. The molecule has 1 fully saturated rings. The Kier molecular flexibility index (Phi) is 10.2. The van der Waals surface area contributed by atoms with E-state index in [1.165, 1.54) is 7.11 Å². The third-order valence-electron chi connectivity index (χ3n) is 7.47. The molecule has 10 heteroatoms. The molecule has 0 bridgehead atoms. The molecule has 2 aromatic rings. The van der Waals surface area contributed by atoms with Gasteiger partial charge in [-0.15, -0.1) is 0 Å². The van der Waals surface area contributed by atoms with E-state index in [1.807, 2.05) is 53.8 Å². The fourth-order valence-corrected chi connectivity index (χ4v) is 5.73. The maximum Gasteiger partial charge on any atom is 0.247 e. The van der Waals surface area contributed by atoms with Crippen molar-refractivity contribution in [3.8, 4) is 11.5 Å². The van der Waals surface area contributed by atoms with E-state index < -0.39 is 24.2 Å². The van der Waals surface area contributed by atoms with Crippen molar-refractivity contribution in [2.24, 2.45) is 5.92 Å². The number of nitrogens with one attached hydrogen (secondary N) is 1. The van der Waals surface area contributed by atoms with Gasteiger partial charge >= 0.3 is 0 Å². The predicted molar refractivity (Wildman–Crippen MR) is 157 cm³/mol. The molecule has 2 aliphatic carbocycles. The summed E-state index contributed by atoms with van der Waals surface area (Å²) in [5, 5.41) is 23.6. The van der Waals surface area contributed by atoms with Gasteiger partial charge in [-0.2, -0.15) is 0 Å². The number of rotatable bonds is 11. The highest BCUT2D eigenvalue weighted by Crippen LogP contribution is 2.38. The molecule has 3 unspecified atom stereocenters. The van der Waals surface area contributed by atoms with Crippen molar-refractivity contribution in [2.75, 3.05) is 20.3 Å². The number of benzene rings is 2. The molecule has 9 nitrogen and oxygen atoms in total. The summed E-state index contributed by atoms with van der Waals surface area (Å²) in [6, 6.07) is 10.3. The van der Waals surface area contributed by atoms with Crippen molar-refractivity contribution in [2.45, 2.75) is 57.4 Å². The van der Waals surface area contributed by atoms with E-state index in [9.17, 15) is 24.6 Å². The minimum atomic E-state index is -1.16. The van der Waals surface area contributed by atoms with Crippen LogP contribution in [0, 0.1) is 16.4 Å². The van der Waals surface area contributed by atoms with Crippen molar-refractivity contribution in [3.05, 3.63) is 68.3 Å². The van der Waals surface area contributed by atoms with Crippen LogP contribution in [-0.4, -0.2) is 71.7 Å². The van der Waals surface area contributed by atoms with Crippen LogP contribution in [0.1, 0.15) is 47.2 Å². The molecule has 2 amide bonds. The molecule has 0 radical (unpaired) electrons. The molecule has 0 heterocycles. The highest BCUT2D eigenvalue weighted by atomic mass is 127. The molecule has 3 atom stereocenters. The lowest BCUT2D eigenvalue weighted by Crippen LogP contribution is -2.56. The van der Waals surface area contributed by atoms with E-state index >= 15 is 0 Å². The van der Waals surface area contributed by atoms with Crippen LogP contribution in [-0.2, 0) is 16.1 Å². The van der Waals surface area contributed by atoms with Crippen molar-refractivity contribution < 1.29 is 34.1 Å². The number of aliphatic hydroxyl groups is 2. The molecule has 0 saturated heterocycles. The minimum absolute atomic E-state index is 0.0471. The zero-order chi connectivity index (χ0) is 28.8. The molecule has 214 valence electrons. The molecule has 3 N–H and O–H groups in total. The first kappa shape index (κ1) is 30.0. The third kappa shape index (κ3) is 6.84. The van der Waals surface area contributed by atoms with E-state index in [2.05, 4.69) is 5.32 Å². The first-order chi connectivity index (χ1) is 19.2. The lowest BCUT2D eigenvalue weighted by molar-refractivity contribution is -0.146. The highest BCUT2D eigenvalue weighted by molar-refractivity contribution is 14.1. The molecule has 4 rings (SSSR count). The molecule has 0 aliphatic heterocycles. The van der Waals surface area contributed by atoms with Gasteiger partial charge in [0.15, 0.2) is 11.5 Å². The number of aldehydes is 1. The van der Waals surface area contributed by atoms with Crippen molar-refractivity contribution in [1.29, 1.82) is 0 Å². The first-order valence-electron chi connectivity index (χ1n) is 13.4. The van der Waals surface area contributed by atoms with Crippen LogP contribution in [0.3, 0.4) is 0 Å². The number of hydrogen-bond donors (Lipinski definition) is 3. The minimum Gasteiger partial charge on any atom is -0.493 e. The number of aliphatic hydroxyl groups excluding tert-OH is 2. The number of carbonyl (C=O) groups is 3. The summed E-state index contributed by atoms with van der Waals surface area (Å²) in [5.74, 6) is 0.0646. The number of ether oxygens (including phenoxy) is 2. The maximum absolute atomic E-state index is 13.7. The Labute approximate surface area is 247 Å². The van der Waals surface area contributed by atoms with Crippen LogP contribution in [0.2, 0.25) is 0 Å². The quantitative estimate of drug-likeness (QED) is 0.250. The molecular weight excluding hydrogens is 627 g/mol. The Morgan fingerprint density at radius 1 is 1.20 bits per heavy atom. The van der Waals surface area contributed by atoms with Gasteiger partial charge in [-0.3, -0.25) is 14.4 Å². The zero-order valence-electron chi connectivity index (χ0n) is 22.6. The van der Waals surface area contributed by atoms with Crippen LogP contribution in [0.25, 0.3) is 0 Å². The average Bonchev–Trinajstić information content (AvgIpc) is 2.92. The van der Waals surface area contributed by atoms with E-state index in [4.69, 9.17) is 9.47 Å². The summed E-state index contributed by atoms with van der Waals surface area (Å²) >= 11 is 2.03. The molecule has 2 aromatic carbocycles. The fraction of sp³-hybridized carbons (Fsp3) is 0.433. The number of methoxy groups -OCH3 is 1. The van der Waals surface area contributed by atoms with E-state index in [0.717, 1.165) is 30.4 Å². The number of aryl methyl sites for hydroxylation is 1. The monoisotopic (exact) mass is 662 g/mol. The van der Waals surface area contributed by atoms with Gasteiger partial charge in [-0.05, 0) is 66.1 Å². The number of hydrogen-bond acceptors (Lipinski definition) is 7. The van der Waals surface area contributed by atoms with Gasteiger partial charge in [0.25, 0.3) is 0 Å². The maximum atomic E-state index is 13.7. The highest BCUT2D eigenvalue weighted by Gasteiger charge is 2.43. The second-order valence-electron chi connectivity index (χ2n) is 10.2. The van der Waals surface area contributed by atoms with Crippen LogP contribution >= 0.6 is 22.6 Å². The predicted octanol–water partition coefficient (Wildman–Crippen LogP) is 3.17. The Bertz CT molecular complexity index is 1260. The molecule has 1 saturated carbocycles. The lowest BCUT2D eigenvalue weighted by atomic mass is 9.82. The smallest absolute Gasteiger partial charge is 0.247 e. The lowest BCUT2D eigenvalue weighted by Gasteiger charge is -2.43. The van der Waals surface area contributed by atoms with Crippen molar-refractivity contribution in [3.63, 3.8) is 0 Å². The summed E-state index contributed by atoms with van der Waals surface area (Å²) in [4.78, 5) is 39.9. The first-order valence-corrected chi connectivity index (χ1v) is 14.5. The molecular formula is C30H35IN2O7. The Hall–Kier alpha value is -2.96. The standard InChI is InChI=1S/C30H35IN2O7/c1-18-6-8-19(9-7-18)16-33(30(38)21-4-3-5-21)24-14-22(29(37)32-10-11-34)15-25(27(24)36)40-28-23(31)12-20(17-35)13-26(28)39-2/h6-9,12-13,15,17,21,24-25,27,34,36H,3-5,10-11,14,16H2,1-2H3,(H,32,37). The second kappa shape index (κ2) is 13.6. The molecule has 0 spiro atoms. The molecule has 40 heavy (non-hydrogen) atoms. The average molecular weight is 663 g/mol. The fourth-order valence-electron chi connectivity index (χ4n) is 4.98. The number of carbonyl (C=O) groups excluding carboxylic acids is 3. The van der Waals surface area contributed by atoms with E-state index in [1.54, 1.807) is 23.1 Å². The van der Waals surface area contributed by atoms with Gasteiger partial charge in [0, 0.05) is 36.6 Å². The number of nitrogens with zero attached hydrogens (tertiary/aromatic N) is 1. The van der Waals surface area contributed by atoms with Gasteiger partial charge in [0.05, 0.1) is 23.3 Å². The van der Waals surface area contributed by atoms with Crippen LogP contribution in [0.15, 0.2) is 48.0 Å². The van der Waals surface area contributed by atoms with Gasteiger partial charge in [-0.25, -0.2) is 0 Å². The van der Waals surface area contributed by atoms with Gasteiger partial charge in [-0.1, -0.05) is 36.2 Å². The zero-order valence-corrected chi connectivity index (χ0v) is 24.8. The molecule has 2 aliphatic rings. The number of amides is 2. The van der Waals surface area contributed by atoms with Gasteiger partial charge in [0.2, 0.25) is 11.8 Å². The van der Waals surface area contributed by atoms with Crippen LogP contribution in [0.5, 0.6) is 11.5 Å². The Balaban J connectivity index is 1.72. The Morgan fingerprint density at radius 2 is 1.93 bits per heavy atom. The van der Waals surface area contributed by atoms with E-state index in [0.29, 0.717) is 32.5 Å². The summed E-state index contributed by atoms with van der Waals surface area (Å²) in [5.41, 5.74) is 2.78. The SMILES string of the molecule is COc1cc(C=O)cc(I)c1OC1C=C(C(=O)NCCO)CC(N(Cc2ccc(C)cc2)C(=O)C2CCC2)C1O.